The SMILES string of the molecule is CCSCC(C)NCc1cn(C)nc1CC. The molecule has 0 spiro atoms. The lowest BCUT2D eigenvalue weighted by Crippen LogP contribution is -2.27. The molecular formula is C12H23N3S. The molecule has 1 atom stereocenters. The van der Waals surface area contributed by atoms with Gasteiger partial charge in [-0.25, -0.2) is 0 Å². The normalized spacial score (nSPS) is 13.0. The summed E-state index contributed by atoms with van der Waals surface area (Å²) in [6, 6.07) is 0.565. The Kier molecular flexibility index (Phi) is 5.91. The Morgan fingerprint density at radius 2 is 2.25 bits per heavy atom. The first-order valence-corrected chi connectivity index (χ1v) is 7.15. The minimum absolute atomic E-state index is 0.565. The Morgan fingerprint density at radius 1 is 1.50 bits per heavy atom. The van der Waals surface area contributed by atoms with Crippen LogP contribution in [-0.2, 0) is 20.0 Å². The lowest BCUT2D eigenvalue weighted by atomic mass is 10.2. The highest BCUT2D eigenvalue weighted by atomic mass is 32.2. The van der Waals surface area contributed by atoms with E-state index in [4.69, 9.17) is 0 Å². The van der Waals surface area contributed by atoms with Crippen LogP contribution >= 0.6 is 11.8 Å². The van der Waals surface area contributed by atoms with E-state index in [0.717, 1.165) is 13.0 Å². The summed E-state index contributed by atoms with van der Waals surface area (Å²) in [6.45, 7) is 7.53. The van der Waals surface area contributed by atoms with Crippen LogP contribution in [0.15, 0.2) is 6.20 Å². The third kappa shape index (κ3) is 4.18. The summed E-state index contributed by atoms with van der Waals surface area (Å²) >= 11 is 1.98. The van der Waals surface area contributed by atoms with Crippen molar-refractivity contribution in [3.05, 3.63) is 17.5 Å². The third-order valence-electron chi connectivity index (χ3n) is 2.54. The van der Waals surface area contributed by atoms with Crippen molar-refractivity contribution in [1.29, 1.82) is 0 Å². The molecule has 0 bridgehead atoms. The van der Waals surface area contributed by atoms with E-state index in [1.54, 1.807) is 0 Å². The fourth-order valence-electron chi connectivity index (χ4n) is 1.67. The molecule has 0 fully saturated rings. The van der Waals surface area contributed by atoms with Crippen LogP contribution in [0.2, 0.25) is 0 Å². The molecule has 1 N–H and O–H groups in total. The summed E-state index contributed by atoms with van der Waals surface area (Å²) in [7, 11) is 1.99. The van der Waals surface area contributed by atoms with Gasteiger partial charge in [0.1, 0.15) is 0 Å². The highest BCUT2D eigenvalue weighted by Gasteiger charge is 2.07. The Morgan fingerprint density at radius 3 is 2.88 bits per heavy atom. The van der Waals surface area contributed by atoms with Gasteiger partial charge in [-0.2, -0.15) is 16.9 Å². The number of aryl methyl sites for hydroxylation is 2. The molecular weight excluding hydrogens is 218 g/mol. The summed E-state index contributed by atoms with van der Waals surface area (Å²) in [6.07, 6.45) is 3.13. The molecule has 0 radical (unpaired) electrons. The predicted octanol–water partition coefficient (Wildman–Crippen LogP) is 2.21. The lowest BCUT2D eigenvalue weighted by molar-refractivity contribution is 0.593. The predicted molar refractivity (Wildman–Crippen MR) is 71.9 cm³/mol. The van der Waals surface area contributed by atoms with Crippen molar-refractivity contribution in [2.24, 2.45) is 7.05 Å². The molecule has 0 aliphatic carbocycles. The molecule has 4 heteroatoms. The van der Waals surface area contributed by atoms with Crippen molar-refractivity contribution >= 4 is 11.8 Å². The smallest absolute Gasteiger partial charge is 0.0666 e. The molecule has 0 aliphatic rings. The van der Waals surface area contributed by atoms with Crippen LogP contribution in [0.5, 0.6) is 0 Å². The molecule has 0 saturated heterocycles. The fraction of sp³-hybridized carbons (Fsp3) is 0.750. The van der Waals surface area contributed by atoms with E-state index in [1.165, 1.54) is 22.8 Å². The molecule has 0 amide bonds. The van der Waals surface area contributed by atoms with Crippen molar-refractivity contribution < 1.29 is 0 Å². The van der Waals surface area contributed by atoms with E-state index in [-0.39, 0.29) is 0 Å². The Hall–Kier alpha value is -0.480. The van der Waals surface area contributed by atoms with E-state index in [2.05, 4.69) is 37.4 Å². The zero-order valence-electron chi connectivity index (χ0n) is 10.8. The third-order valence-corrected chi connectivity index (χ3v) is 3.68. The number of aromatic nitrogens is 2. The van der Waals surface area contributed by atoms with Crippen LogP contribution in [-0.4, -0.2) is 27.3 Å². The molecule has 1 heterocycles. The maximum Gasteiger partial charge on any atom is 0.0666 e. The van der Waals surface area contributed by atoms with E-state index in [0.29, 0.717) is 6.04 Å². The van der Waals surface area contributed by atoms with Crippen molar-refractivity contribution in [1.82, 2.24) is 15.1 Å². The van der Waals surface area contributed by atoms with Gasteiger partial charge in [0.05, 0.1) is 5.69 Å². The second-order valence-electron chi connectivity index (χ2n) is 4.07. The van der Waals surface area contributed by atoms with Crippen LogP contribution in [0.4, 0.5) is 0 Å². The summed E-state index contributed by atoms with van der Waals surface area (Å²) < 4.78 is 1.90. The van der Waals surface area contributed by atoms with E-state index in [9.17, 15) is 0 Å². The minimum Gasteiger partial charge on any atom is -0.309 e. The first-order chi connectivity index (χ1) is 7.67. The zero-order chi connectivity index (χ0) is 12.0. The van der Waals surface area contributed by atoms with E-state index >= 15 is 0 Å². The number of rotatable bonds is 7. The van der Waals surface area contributed by atoms with Crippen molar-refractivity contribution in [3.8, 4) is 0 Å². The highest BCUT2D eigenvalue weighted by molar-refractivity contribution is 7.99. The van der Waals surface area contributed by atoms with Gasteiger partial charge in [0.15, 0.2) is 0 Å². The first-order valence-electron chi connectivity index (χ1n) is 5.99. The Balaban J connectivity index is 2.41. The van der Waals surface area contributed by atoms with Crippen molar-refractivity contribution in [2.75, 3.05) is 11.5 Å². The first kappa shape index (κ1) is 13.6. The standard InChI is InChI=1S/C12H23N3S/c1-5-12-11(8-15(4)14-12)7-13-10(3)9-16-6-2/h8,10,13H,5-7,9H2,1-4H3. The van der Waals surface area contributed by atoms with Gasteiger partial charge < -0.3 is 5.32 Å². The number of nitrogens with zero attached hydrogens (tertiary/aromatic N) is 2. The van der Waals surface area contributed by atoms with Crippen LogP contribution in [0.1, 0.15) is 32.0 Å². The quantitative estimate of drug-likeness (QED) is 0.794. The van der Waals surface area contributed by atoms with E-state index < -0.39 is 0 Å². The number of nitrogens with one attached hydrogen (secondary N) is 1. The van der Waals surface area contributed by atoms with E-state index in [1.807, 2.05) is 23.5 Å². The summed E-state index contributed by atoms with van der Waals surface area (Å²) in [5, 5.41) is 7.99. The topological polar surface area (TPSA) is 29.9 Å². The van der Waals surface area contributed by atoms with Crippen LogP contribution in [0.25, 0.3) is 0 Å². The van der Waals surface area contributed by atoms with Crippen molar-refractivity contribution in [2.45, 2.75) is 39.8 Å². The maximum absolute atomic E-state index is 4.44. The lowest BCUT2D eigenvalue weighted by Gasteiger charge is -2.12. The van der Waals surface area contributed by atoms with Crippen molar-refractivity contribution in [3.63, 3.8) is 0 Å². The van der Waals surface area contributed by atoms with Gasteiger partial charge in [-0.1, -0.05) is 13.8 Å². The second-order valence-corrected chi connectivity index (χ2v) is 5.39. The molecule has 0 aliphatic heterocycles. The van der Waals surface area contributed by atoms with Gasteiger partial charge >= 0.3 is 0 Å². The summed E-state index contributed by atoms with van der Waals surface area (Å²) in [5.41, 5.74) is 2.55. The zero-order valence-corrected chi connectivity index (χ0v) is 11.6. The Bertz CT molecular complexity index is 309. The Labute approximate surface area is 103 Å². The van der Waals surface area contributed by atoms with Gasteiger partial charge in [-0.05, 0) is 19.1 Å². The molecule has 1 rings (SSSR count). The molecule has 3 nitrogen and oxygen atoms in total. The van der Waals surface area contributed by atoms with Gasteiger partial charge in [0, 0.05) is 37.1 Å². The molecule has 1 unspecified atom stereocenters. The number of thioether (sulfide) groups is 1. The molecule has 92 valence electrons. The second kappa shape index (κ2) is 6.97. The maximum atomic E-state index is 4.44. The van der Waals surface area contributed by atoms with Crippen LogP contribution < -0.4 is 5.32 Å². The summed E-state index contributed by atoms with van der Waals surface area (Å²) in [4.78, 5) is 0. The van der Waals surface area contributed by atoms with Crippen LogP contribution in [0, 0.1) is 0 Å². The average Bonchev–Trinajstić information content (AvgIpc) is 2.64. The molecule has 0 aromatic carbocycles. The fourth-order valence-corrected chi connectivity index (χ4v) is 2.37. The van der Waals surface area contributed by atoms with Gasteiger partial charge in [0.25, 0.3) is 0 Å². The van der Waals surface area contributed by atoms with Gasteiger partial charge in [0.2, 0.25) is 0 Å². The number of hydrogen-bond donors (Lipinski definition) is 1. The number of hydrogen-bond acceptors (Lipinski definition) is 3. The minimum atomic E-state index is 0.565. The average molecular weight is 241 g/mol. The largest absolute Gasteiger partial charge is 0.309 e. The molecule has 16 heavy (non-hydrogen) atoms. The molecule has 0 saturated carbocycles. The summed E-state index contributed by atoms with van der Waals surface area (Å²) in [5.74, 6) is 2.37. The highest BCUT2D eigenvalue weighted by Crippen LogP contribution is 2.08. The van der Waals surface area contributed by atoms with Crippen LogP contribution in [0.3, 0.4) is 0 Å². The van der Waals surface area contributed by atoms with Gasteiger partial charge in [-0.15, -0.1) is 0 Å². The monoisotopic (exact) mass is 241 g/mol. The molecule has 1 aromatic rings. The van der Waals surface area contributed by atoms with Gasteiger partial charge in [-0.3, -0.25) is 4.68 Å². The molecule has 1 aromatic heterocycles.